The first-order valence-corrected chi connectivity index (χ1v) is 19.7. The van der Waals surface area contributed by atoms with Gasteiger partial charge in [-0.15, -0.1) is 0 Å². The molecule has 5 rings (SSSR count). The summed E-state index contributed by atoms with van der Waals surface area (Å²) in [7, 11) is 0.679. The number of rotatable bonds is 14. The fraction of sp³-hybridized carbons (Fsp3) is 0.476. The highest BCUT2D eigenvalue weighted by Crippen LogP contribution is 2.44. The maximum Gasteiger partial charge on any atom is 0.261 e. The Morgan fingerprint density at radius 1 is 0.920 bits per heavy atom. The molecule has 2 aliphatic heterocycles. The van der Waals surface area contributed by atoms with Crippen LogP contribution < -0.4 is 15.1 Å². The van der Waals surface area contributed by atoms with Crippen molar-refractivity contribution in [1.29, 1.82) is 0 Å². The van der Waals surface area contributed by atoms with Crippen LogP contribution in [-0.2, 0) is 30.0 Å². The predicted octanol–water partition coefficient (Wildman–Crippen LogP) is 6.41. The van der Waals surface area contributed by atoms with Crippen LogP contribution in [0.3, 0.4) is 0 Å². The number of hydrogen-bond donors (Lipinski definition) is 1. The smallest absolute Gasteiger partial charge is 0.261 e. The zero-order valence-electron chi connectivity index (χ0n) is 30.5. The molecule has 1 N–H and O–H groups in total. The lowest BCUT2D eigenvalue weighted by Crippen LogP contribution is -2.67. The standard InChI is InChI=1S/C42H54O7Si/c1-32-27-39-40(28-36(48-39)31-47-50(41(2,3)4,37-18-12-9-13-19-37)38-20-14-10-15-21-38)49-42(32,45-6)26-16-8-7-11-17-34(43)30-46-29-33-22-24-35(44-5)25-23-33/h9-15,17-25,32,34,36,39-40,43H,7,26-31H2,1-6H3/b17-11-/t32-,34+,36+,39-,40-,42+/m1/s1. The number of fused-ring (bicyclic) bond motifs is 1. The summed E-state index contributed by atoms with van der Waals surface area (Å²) in [5, 5.41) is 12.7. The van der Waals surface area contributed by atoms with Crippen LogP contribution >= 0.6 is 0 Å². The summed E-state index contributed by atoms with van der Waals surface area (Å²) in [5.41, 5.74) is 1.02. The third kappa shape index (κ3) is 8.96. The average molecular weight is 699 g/mol. The van der Waals surface area contributed by atoms with Gasteiger partial charge in [0.25, 0.3) is 8.32 Å². The predicted molar refractivity (Wildman–Crippen MR) is 200 cm³/mol. The van der Waals surface area contributed by atoms with Crippen LogP contribution in [0.2, 0.25) is 5.04 Å². The van der Waals surface area contributed by atoms with Crippen molar-refractivity contribution in [2.45, 2.75) is 95.2 Å². The van der Waals surface area contributed by atoms with Gasteiger partial charge in [-0.05, 0) is 39.5 Å². The highest BCUT2D eigenvalue weighted by atomic mass is 28.4. The highest BCUT2D eigenvalue weighted by Gasteiger charge is 2.53. The summed E-state index contributed by atoms with van der Waals surface area (Å²) in [4.78, 5) is 0. The fourth-order valence-corrected chi connectivity index (χ4v) is 11.9. The van der Waals surface area contributed by atoms with Gasteiger partial charge in [-0.25, -0.2) is 0 Å². The zero-order valence-corrected chi connectivity index (χ0v) is 31.5. The van der Waals surface area contributed by atoms with E-state index in [-0.39, 0.29) is 35.9 Å². The van der Waals surface area contributed by atoms with Crippen molar-refractivity contribution in [2.24, 2.45) is 5.92 Å². The maximum atomic E-state index is 10.3. The molecule has 0 aliphatic carbocycles. The Labute approximate surface area is 300 Å². The first-order chi connectivity index (χ1) is 24.1. The van der Waals surface area contributed by atoms with E-state index in [1.807, 2.05) is 30.3 Å². The van der Waals surface area contributed by atoms with Crippen LogP contribution in [0.15, 0.2) is 97.1 Å². The van der Waals surface area contributed by atoms with Crippen LogP contribution in [0.25, 0.3) is 0 Å². The normalized spacial score (nSPS) is 24.4. The number of allylic oxidation sites excluding steroid dienone is 1. The molecule has 0 saturated carbocycles. The van der Waals surface area contributed by atoms with Crippen molar-refractivity contribution in [1.82, 2.24) is 0 Å². The van der Waals surface area contributed by atoms with Gasteiger partial charge in [0.2, 0.25) is 0 Å². The molecule has 0 spiro atoms. The number of hydrogen-bond acceptors (Lipinski definition) is 7. The molecule has 2 saturated heterocycles. The Morgan fingerprint density at radius 3 is 2.18 bits per heavy atom. The van der Waals surface area contributed by atoms with Crippen molar-refractivity contribution in [2.75, 3.05) is 27.4 Å². The maximum absolute atomic E-state index is 10.3. The van der Waals surface area contributed by atoms with Gasteiger partial charge in [-0.1, -0.05) is 124 Å². The van der Waals surface area contributed by atoms with E-state index in [1.165, 1.54) is 10.4 Å². The molecule has 6 atom stereocenters. The molecule has 50 heavy (non-hydrogen) atoms. The van der Waals surface area contributed by atoms with Crippen LogP contribution in [0.1, 0.15) is 58.9 Å². The second-order valence-electron chi connectivity index (χ2n) is 14.4. The van der Waals surface area contributed by atoms with Crippen molar-refractivity contribution in [3.05, 3.63) is 103 Å². The molecule has 2 fully saturated rings. The number of methoxy groups -OCH3 is 2. The van der Waals surface area contributed by atoms with E-state index < -0.39 is 20.2 Å². The van der Waals surface area contributed by atoms with Gasteiger partial charge in [-0.3, -0.25) is 0 Å². The fourth-order valence-electron chi connectivity index (χ4n) is 7.27. The van der Waals surface area contributed by atoms with Gasteiger partial charge >= 0.3 is 0 Å². The molecule has 3 aromatic rings. The Bertz CT molecular complexity index is 1520. The van der Waals surface area contributed by atoms with Gasteiger partial charge in [0.15, 0.2) is 5.79 Å². The lowest BCUT2D eigenvalue weighted by atomic mass is 9.86. The SMILES string of the molecule is COc1ccc(COC[C@@H](O)/C=C\CC#CC[C@]2(OC)O[C@@H]3C[C@@H](CO[Si](c4ccccc4)(c4ccccc4)C(C)(C)C)O[C@@H]3C[C@H]2C)cc1. The van der Waals surface area contributed by atoms with Crippen molar-refractivity contribution < 1.29 is 33.2 Å². The van der Waals surface area contributed by atoms with Crippen molar-refractivity contribution in [3.8, 4) is 17.6 Å². The van der Waals surface area contributed by atoms with Gasteiger partial charge in [0.1, 0.15) is 5.75 Å². The molecular formula is C42H54O7Si. The number of benzene rings is 3. The van der Waals surface area contributed by atoms with E-state index in [0.29, 0.717) is 26.1 Å². The Hall–Kier alpha value is -3.26. The van der Waals surface area contributed by atoms with E-state index in [1.54, 1.807) is 20.3 Å². The topological polar surface area (TPSA) is 75.6 Å². The van der Waals surface area contributed by atoms with Gasteiger partial charge in [0.05, 0.1) is 57.8 Å². The average Bonchev–Trinajstić information content (AvgIpc) is 3.51. The van der Waals surface area contributed by atoms with Crippen LogP contribution in [0.5, 0.6) is 5.75 Å². The Morgan fingerprint density at radius 2 is 1.58 bits per heavy atom. The summed E-state index contributed by atoms with van der Waals surface area (Å²) < 4.78 is 37.4. The third-order valence-corrected chi connectivity index (χ3v) is 15.0. The Balaban J connectivity index is 1.14. The summed E-state index contributed by atoms with van der Waals surface area (Å²) in [6.07, 6.45) is 5.27. The second-order valence-corrected chi connectivity index (χ2v) is 18.7. The molecule has 7 nitrogen and oxygen atoms in total. The molecular weight excluding hydrogens is 645 g/mol. The quantitative estimate of drug-likeness (QED) is 0.119. The number of aliphatic hydroxyl groups is 1. The summed E-state index contributed by atoms with van der Waals surface area (Å²) >= 11 is 0. The largest absolute Gasteiger partial charge is 0.497 e. The molecule has 0 amide bonds. The lowest BCUT2D eigenvalue weighted by molar-refractivity contribution is -0.301. The van der Waals surface area contributed by atoms with Crippen molar-refractivity contribution >= 4 is 18.7 Å². The van der Waals surface area contributed by atoms with Crippen LogP contribution in [0, 0.1) is 17.8 Å². The third-order valence-electron chi connectivity index (χ3n) is 9.97. The minimum atomic E-state index is -2.67. The van der Waals surface area contributed by atoms with E-state index in [4.69, 9.17) is 28.1 Å². The van der Waals surface area contributed by atoms with Gasteiger partial charge in [0, 0.05) is 25.9 Å². The molecule has 3 aromatic carbocycles. The lowest BCUT2D eigenvalue weighted by Gasteiger charge is -2.44. The van der Waals surface area contributed by atoms with Gasteiger partial charge in [-0.2, -0.15) is 0 Å². The molecule has 2 heterocycles. The van der Waals surface area contributed by atoms with E-state index in [9.17, 15) is 5.11 Å². The van der Waals surface area contributed by atoms with Crippen molar-refractivity contribution in [3.63, 3.8) is 0 Å². The second kappa shape index (κ2) is 17.3. The molecule has 0 aromatic heterocycles. The monoisotopic (exact) mass is 698 g/mol. The summed E-state index contributed by atoms with van der Waals surface area (Å²) in [5.74, 6) is 6.58. The molecule has 8 heteroatoms. The van der Waals surface area contributed by atoms with E-state index in [2.05, 4.69) is 100 Å². The molecule has 2 aliphatic rings. The summed E-state index contributed by atoms with van der Waals surface area (Å²) in [6.45, 7) is 10.2. The molecule has 0 radical (unpaired) electrons. The van der Waals surface area contributed by atoms with Crippen LogP contribution in [0.4, 0.5) is 0 Å². The van der Waals surface area contributed by atoms with E-state index >= 15 is 0 Å². The minimum absolute atomic E-state index is 0.00894. The summed E-state index contributed by atoms with van der Waals surface area (Å²) in [6, 6.07) is 29.1. The molecule has 0 bridgehead atoms. The number of ether oxygens (including phenoxy) is 5. The minimum Gasteiger partial charge on any atom is -0.497 e. The molecule has 268 valence electrons. The highest BCUT2D eigenvalue weighted by molar-refractivity contribution is 6.99. The van der Waals surface area contributed by atoms with E-state index in [0.717, 1.165) is 24.2 Å². The first kappa shape index (κ1) is 38.0. The zero-order chi connectivity index (χ0) is 35.6. The number of aliphatic hydroxyl groups excluding tert-OH is 1. The van der Waals surface area contributed by atoms with Crippen LogP contribution in [-0.4, -0.2) is 71.1 Å². The first-order valence-electron chi connectivity index (χ1n) is 17.7. The van der Waals surface area contributed by atoms with Gasteiger partial charge < -0.3 is 33.2 Å². The molecule has 0 unspecified atom stereocenters. The Kier molecular flexibility index (Phi) is 13.1.